The van der Waals surface area contributed by atoms with Gasteiger partial charge in [0.1, 0.15) is 5.78 Å². The van der Waals surface area contributed by atoms with Gasteiger partial charge in [-0.25, -0.2) is 0 Å². The van der Waals surface area contributed by atoms with E-state index in [0.29, 0.717) is 12.8 Å². The molecule has 0 radical (unpaired) electrons. The summed E-state index contributed by atoms with van der Waals surface area (Å²) < 4.78 is 0. The third kappa shape index (κ3) is 3.13. The standard InChI is InChI=1S/C11H18O3/c1-11(2)6-5-8(9(12)7-11)3-4-10(13)14/h8H,3-7H2,1-2H3,(H,13,14). The van der Waals surface area contributed by atoms with Crippen molar-refractivity contribution in [3.8, 4) is 0 Å². The molecule has 1 aliphatic carbocycles. The van der Waals surface area contributed by atoms with Crippen LogP contribution in [0.25, 0.3) is 0 Å². The Kier molecular flexibility index (Phi) is 3.29. The third-order valence-corrected chi connectivity index (χ3v) is 2.98. The first-order chi connectivity index (χ1) is 6.41. The van der Waals surface area contributed by atoms with Crippen LogP contribution in [0, 0.1) is 11.3 Å². The summed E-state index contributed by atoms with van der Waals surface area (Å²) >= 11 is 0. The molecule has 1 rings (SSSR count). The lowest BCUT2D eigenvalue weighted by molar-refractivity contribution is -0.137. The Balaban J connectivity index is 2.42. The highest BCUT2D eigenvalue weighted by atomic mass is 16.4. The molecule has 80 valence electrons. The van der Waals surface area contributed by atoms with E-state index in [9.17, 15) is 9.59 Å². The molecule has 0 spiro atoms. The molecule has 1 saturated carbocycles. The molecule has 1 N–H and O–H groups in total. The second-order valence-corrected chi connectivity index (χ2v) is 4.98. The Labute approximate surface area is 84.5 Å². The fourth-order valence-corrected chi connectivity index (χ4v) is 2.03. The molecule has 1 unspecified atom stereocenters. The third-order valence-electron chi connectivity index (χ3n) is 2.98. The van der Waals surface area contributed by atoms with E-state index in [2.05, 4.69) is 13.8 Å². The number of carboxylic acid groups (broad SMARTS) is 1. The maximum absolute atomic E-state index is 11.6. The lowest BCUT2D eigenvalue weighted by atomic mass is 9.71. The van der Waals surface area contributed by atoms with Crippen molar-refractivity contribution in [3.05, 3.63) is 0 Å². The molecule has 0 heterocycles. The molecular formula is C11H18O3. The smallest absolute Gasteiger partial charge is 0.303 e. The van der Waals surface area contributed by atoms with Crippen LogP contribution in [0.3, 0.4) is 0 Å². The molecule has 0 saturated heterocycles. The first kappa shape index (κ1) is 11.2. The topological polar surface area (TPSA) is 54.4 Å². The van der Waals surface area contributed by atoms with Gasteiger partial charge in [-0.15, -0.1) is 0 Å². The van der Waals surface area contributed by atoms with E-state index >= 15 is 0 Å². The number of hydrogen-bond donors (Lipinski definition) is 1. The Bertz CT molecular complexity index is 243. The van der Waals surface area contributed by atoms with Gasteiger partial charge in [-0.2, -0.15) is 0 Å². The van der Waals surface area contributed by atoms with Crippen LogP contribution in [-0.4, -0.2) is 16.9 Å². The van der Waals surface area contributed by atoms with E-state index in [4.69, 9.17) is 5.11 Å². The highest BCUT2D eigenvalue weighted by Gasteiger charge is 2.33. The summed E-state index contributed by atoms with van der Waals surface area (Å²) in [5.74, 6) is -0.552. The van der Waals surface area contributed by atoms with Gasteiger partial charge in [-0.1, -0.05) is 13.8 Å². The molecule has 1 fully saturated rings. The van der Waals surface area contributed by atoms with Crippen molar-refractivity contribution in [3.63, 3.8) is 0 Å². The van der Waals surface area contributed by atoms with Gasteiger partial charge in [0, 0.05) is 18.8 Å². The van der Waals surface area contributed by atoms with Crippen LogP contribution in [-0.2, 0) is 9.59 Å². The summed E-state index contributed by atoms with van der Waals surface area (Å²) in [6.07, 6.45) is 3.14. The van der Waals surface area contributed by atoms with E-state index in [1.54, 1.807) is 0 Å². The molecule has 0 bridgehead atoms. The molecule has 1 atom stereocenters. The van der Waals surface area contributed by atoms with Gasteiger partial charge in [0.15, 0.2) is 0 Å². The molecule has 0 amide bonds. The Morgan fingerprint density at radius 3 is 2.71 bits per heavy atom. The SMILES string of the molecule is CC1(C)CCC(CCC(=O)O)C(=O)C1. The van der Waals surface area contributed by atoms with E-state index < -0.39 is 5.97 Å². The van der Waals surface area contributed by atoms with Gasteiger partial charge in [0.2, 0.25) is 0 Å². The quantitative estimate of drug-likeness (QED) is 0.756. The van der Waals surface area contributed by atoms with Crippen molar-refractivity contribution in [1.29, 1.82) is 0 Å². The van der Waals surface area contributed by atoms with E-state index in [0.717, 1.165) is 12.8 Å². The molecular weight excluding hydrogens is 180 g/mol. The number of hydrogen-bond acceptors (Lipinski definition) is 2. The van der Waals surface area contributed by atoms with E-state index in [1.807, 2.05) is 0 Å². The molecule has 1 aliphatic rings. The van der Waals surface area contributed by atoms with Crippen molar-refractivity contribution in [1.82, 2.24) is 0 Å². The zero-order valence-electron chi connectivity index (χ0n) is 8.88. The number of carboxylic acids is 1. The van der Waals surface area contributed by atoms with Crippen LogP contribution in [0.5, 0.6) is 0 Å². The minimum absolute atomic E-state index is 0.000810. The predicted molar refractivity (Wildman–Crippen MR) is 53.0 cm³/mol. The summed E-state index contributed by atoms with van der Waals surface area (Å²) in [5.41, 5.74) is 0.122. The maximum atomic E-state index is 11.6. The molecule has 0 aromatic rings. The maximum Gasteiger partial charge on any atom is 0.303 e. The lowest BCUT2D eigenvalue weighted by Gasteiger charge is -2.32. The predicted octanol–water partition coefficient (Wildman–Crippen LogP) is 2.25. The van der Waals surface area contributed by atoms with Crippen molar-refractivity contribution in [2.24, 2.45) is 11.3 Å². The fraction of sp³-hybridized carbons (Fsp3) is 0.818. The van der Waals surface area contributed by atoms with Crippen molar-refractivity contribution in [2.75, 3.05) is 0 Å². The Morgan fingerprint density at radius 2 is 2.21 bits per heavy atom. The number of carbonyl (C=O) groups excluding carboxylic acids is 1. The zero-order valence-corrected chi connectivity index (χ0v) is 8.88. The van der Waals surface area contributed by atoms with Crippen LogP contribution in [0.1, 0.15) is 46.0 Å². The first-order valence-corrected chi connectivity index (χ1v) is 5.15. The summed E-state index contributed by atoms with van der Waals surface area (Å²) in [7, 11) is 0. The van der Waals surface area contributed by atoms with Crippen LogP contribution < -0.4 is 0 Å². The number of ketones is 1. The molecule has 14 heavy (non-hydrogen) atoms. The number of Topliss-reactive ketones (excluding diaryl/α,β-unsaturated/α-hetero) is 1. The van der Waals surface area contributed by atoms with Crippen LogP contribution in [0.4, 0.5) is 0 Å². The minimum atomic E-state index is -0.803. The van der Waals surface area contributed by atoms with Crippen molar-refractivity contribution >= 4 is 11.8 Å². The van der Waals surface area contributed by atoms with Gasteiger partial charge >= 0.3 is 5.97 Å². The number of rotatable bonds is 3. The molecule has 3 heteroatoms. The second-order valence-electron chi connectivity index (χ2n) is 4.98. The Morgan fingerprint density at radius 1 is 1.57 bits per heavy atom. The minimum Gasteiger partial charge on any atom is -0.481 e. The average molecular weight is 198 g/mol. The van der Waals surface area contributed by atoms with E-state index in [-0.39, 0.29) is 23.5 Å². The summed E-state index contributed by atoms with van der Waals surface area (Å²) in [6.45, 7) is 4.19. The van der Waals surface area contributed by atoms with Gasteiger partial charge < -0.3 is 5.11 Å². The lowest BCUT2D eigenvalue weighted by Crippen LogP contribution is -2.30. The van der Waals surface area contributed by atoms with Crippen LogP contribution >= 0.6 is 0 Å². The normalized spacial score (nSPS) is 26.1. The van der Waals surface area contributed by atoms with Crippen LogP contribution in [0.2, 0.25) is 0 Å². The molecule has 0 aromatic carbocycles. The molecule has 0 aromatic heterocycles. The second kappa shape index (κ2) is 4.11. The van der Waals surface area contributed by atoms with Crippen molar-refractivity contribution in [2.45, 2.75) is 46.0 Å². The monoisotopic (exact) mass is 198 g/mol. The summed E-state index contributed by atoms with van der Waals surface area (Å²) in [6, 6.07) is 0. The van der Waals surface area contributed by atoms with Gasteiger partial charge in [-0.3, -0.25) is 9.59 Å². The van der Waals surface area contributed by atoms with Gasteiger partial charge in [0.05, 0.1) is 0 Å². The van der Waals surface area contributed by atoms with Gasteiger partial charge in [0.25, 0.3) is 0 Å². The highest BCUT2D eigenvalue weighted by molar-refractivity contribution is 5.82. The largest absolute Gasteiger partial charge is 0.481 e. The summed E-state index contributed by atoms with van der Waals surface area (Å²) in [4.78, 5) is 22.0. The number of aliphatic carboxylic acids is 1. The summed E-state index contributed by atoms with van der Waals surface area (Å²) in [5, 5.41) is 8.52. The first-order valence-electron chi connectivity index (χ1n) is 5.15. The molecule has 0 aliphatic heterocycles. The molecule has 3 nitrogen and oxygen atoms in total. The number of carbonyl (C=O) groups is 2. The fourth-order valence-electron chi connectivity index (χ4n) is 2.03. The Hall–Kier alpha value is -0.860. The zero-order chi connectivity index (χ0) is 10.8. The van der Waals surface area contributed by atoms with Gasteiger partial charge in [-0.05, 0) is 24.7 Å². The van der Waals surface area contributed by atoms with Crippen molar-refractivity contribution < 1.29 is 14.7 Å². The highest BCUT2D eigenvalue weighted by Crippen LogP contribution is 2.37. The van der Waals surface area contributed by atoms with E-state index in [1.165, 1.54) is 0 Å². The van der Waals surface area contributed by atoms with Crippen LogP contribution in [0.15, 0.2) is 0 Å². The average Bonchev–Trinajstić information content (AvgIpc) is 2.00.